The highest BCUT2D eigenvalue weighted by Crippen LogP contribution is 1.96. The average molecular weight is 202 g/mol. The van der Waals surface area contributed by atoms with Gasteiger partial charge >= 0.3 is 0 Å². The van der Waals surface area contributed by atoms with Gasteiger partial charge in [0.15, 0.2) is 0 Å². The molecule has 88 valence electrons. The predicted octanol–water partition coefficient (Wildman–Crippen LogP) is 5.01. The Bertz CT molecular complexity index is 110. The van der Waals surface area contributed by atoms with E-state index in [0.717, 1.165) is 0 Å². The topological polar surface area (TPSA) is 17.1 Å². The van der Waals surface area contributed by atoms with Gasteiger partial charge in [0.05, 0.1) is 0 Å². The molecule has 0 aromatic heterocycles. The fourth-order valence-corrected chi connectivity index (χ4v) is 0. The van der Waals surface area contributed by atoms with Gasteiger partial charge in [-0.3, -0.25) is 0 Å². The Labute approximate surface area is 91.6 Å². The van der Waals surface area contributed by atoms with E-state index in [4.69, 9.17) is 0 Å². The minimum atomic E-state index is 0.167. The van der Waals surface area contributed by atoms with Crippen LogP contribution < -0.4 is 0 Å². The molecule has 0 aliphatic carbocycles. The zero-order valence-corrected chi connectivity index (χ0v) is 11.9. The van der Waals surface area contributed by atoms with E-state index in [1.165, 1.54) is 25.0 Å². The summed E-state index contributed by atoms with van der Waals surface area (Å²) in [6, 6.07) is 0. The summed E-state index contributed by atoms with van der Waals surface area (Å²) >= 11 is 0. The zero-order chi connectivity index (χ0) is 12.7. The SMILES string of the molecule is CC.CC.CC(C)=C(C)C.CC(C)=O. The Morgan fingerprint density at radius 2 is 0.643 bits per heavy atom. The first kappa shape index (κ1) is 23.3. The molecule has 1 nitrogen and oxygen atoms in total. The highest BCUT2D eigenvalue weighted by molar-refractivity contribution is 5.72. The van der Waals surface area contributed by atoms with Crippen LogP contribution in [0.4, 0.5) is 0 Å². The number of ketones is 1. The molecule has 0 saturated carbocycles. The van der Waals surface area contributed by atoms with Crippen LogP contribution in [0.25, 0.3) is 0 Å². The first-order valence-corrected chi connectivity index (χ1v) is 5.45. The molecular weight excluding hydrogens is 172 g/mol. The number of hydrogen-bond acceptors (Lipinski definition) is 1. The highest BCUT2D eigenvalue weighted by Gasteiger charge is 1.75. The summed E-state index contributed by atoms with van der Waals surface area (Å²) in [4.78, 5) is 9.44. The van der Waals surface area contributed by atoms with E-state index in [2.05, 4.69) is 27.7 Å². The Hall–Kier alpha value is -0.590. The molecule has 0 unspecified atom stereocenters. The first-order chi connectivity index (χ1) is 6.37. The van der Waals surface area contributed by atoms with Crippen molar-refractivity contribution in [2.45, 2.75) is 69.2 Å². The Morgan fingerprint density at radius 1 is 0.571 bits per heavy atom. The molecule has 0 N–H and O–H groups in total. The van der Waals surface area contributed by atoms with Gasteiger partial charge in [-0.1, -0.05) is 38.8 Å². The second-order valence-corrected chi connectivity index (χ2v) is 2.91. The Balaban J connectivity index is -0.0000000546. The van der Waals surface area contributed by atoms with Crippen LogP contribution in [-0.2, 0) is 4.79 Å². The maximum Gasteiger partial charge on any atom is 0.126 e. The van der Waals surface area contributed by atoms with Crippen LogP contribution in [0.1, 0.15) is 69.2 Å². The zero-order valence-electron chi connectivity index (χ0n) is 11.9. The van der Waals surface area contributed by atoms with Crippen LogP contribution in [0.3, 0.4) is 0 Å². The molecule has 0 aromatic rings. The van der Waals surface area contributed by atoms with E-state index in [1.807, 2.05) is 27.7 Å². The van der Waals surface area contributed by atoms with Gasteiger partial charge in [0, 0.05) is 0 Å². The molecule has 0 radical (unpaired) electrons. The summed E-state index contributed by atoms with van der Waals surface area (Å²) in [6.07, 6.45) is 0. The summed E-state index contributed by atoms with van der Waals surface area (Å²) < 4.78 is 0. The number of carbonyl (C=O) groups is 1. The molecule has 0 aromatic carbocycles. The van der Waals surface area contributed by atoms with E-state index in [1.54, 1.807) is 0 Å². The third-order valence-corrected chi connectivity index (χ3v) is 1.00. The average Bonchev–Trinajstić information content (AvgIpc) is 2.10. The molecule has 0 rings (SSSR count). The van der Waals surface area contributed by atoms with Crippen LogP contribution in [0.15, 0.2) is 11.1 Å². The number of carbonyl (C=O) groups excluding carboxylic acids is 1. The van der Waals surface area contributed by atoms with Crippen LogP contribution in [0.5, 0.6) is 0 Å². The lowest BCUT2D eigenvalue weighted by Gasteiger charge is -1.88. The van der Waals surface area contributed by atoms with Gasteiger partial charge < -0.3 is 4.79 Å². The van der Waals surface area contributed by atoms with Gasteiger partial charge in [-0.2, -0.15) is 0 Å². The second-order valence-electron chi connectivity index (χ2n) is 2.91. The van der Waals surface area contributed by atoms with Gasteiger partial charge in [0.2, 0.25) is 0 Å². The van der Waals surface area contributed by atoms with Crippen molar-refractivity contribution >= 4 is 5.78 Å². The highest BCUT2D eigenvalue weighted by atomic mass is 16.1. The van der Waals surface area contributed by atoms with Crippen molar-refractivity contribution in [2.24, 2.45) is 0 Å². The lowest BCUT2D eigenvalue weighted by molar-refractivity contribution is -0.114. The van der Waals surface area contributed by atoms with Gasteiger partial charge in [0.1, 0.15) is 5.78 Å². The van der Waals surface area contributed by atoms with E-state index in [9.17, 15) is 4.79 Å². The fourth-order valence-electron chi connectivity index (χ4n) is 0. The van der Waals surface area contributed by atoms with E-state index in [-0.39, 0.29) is 5.78 Å². The monoisotopic (exact) mass is 202 g/mol. The van der Waals surface area contributed by atoms with Crippen LogP contribution >= 0.6 is 0 Å². The van der Waals surface area contributed by atoms with Crippen molar-refractivity contribution in [3.8, 4) is 0 Å². The lowest BCUT2D eigenvalue weighted by atomic mass is 10.2. The molecule has 0 amide bonds. The minimum absolute atomic E-state index is 0.167. The molecule has 1 heteroatoms. The number of rotatable bonds is 0. The fraction of sp³-hybridized carbons (Fsp3) is 0.769. The Kier molecular flexibility index (Phi) is 38.1. The quantitative estimate of drug-likeness (QED) is 0.505. The van der Waals surface area contributed by atoms with Crippen molar-refractivity contribution in [1.29, 1.82) is 0 Å². The van der Waals surface area contributed by atoms with Crippen LogP contribution in [-0.4, -0.2) is 5.78 Å². The van der Waals surface area contributed by atoms with Gasteiger partial charge in [-0.25, -0.2) is 0 Å². The third-order valence-electron chi connectivity index (χ3n) is 1.00. The molecule has 0 aliphatic rings. The molecule has 0 aliphatic heterocycles. The lowest BCUT2D eigenvalue weighted by Crippen LogP contribution is -1.69. The predicted molar refractivity (Wildman–Crippen MR) is 68.8 cm³/mol. The van der Waals surface area contributed by atoms with Crippen LogP contribution in [0, 0.1) is 0 Å². The number of Topliss-reactive ketones (excluding diaryl/α,β-unsaturated/α-hetero) is 1. The molecule has 0 heterocycles. The second kappa shape index (κ2) is 22.8. The van der Waals surface area contributed by atoms with Crippen LogP contribution in [0.2, 0.25) is 0 Å². The summed E-state index contributed by atoms with van der Waals surface area (Å²) in [5, 5.41) is 0. The van der Waals surface area contributed by atoms with Gasteiger partial charge in [-0.15, -0.1) is 0 Å². The maximum absolute atomic E-state index is 9.44. The van der Waals surface area contributed by atoms with Gasteiger partial charge in [-0.05, 0) is 41.5 Å². The summed E-state index contributed by atoms with van der Waals surface area (Å²) in [7, 11) is 0. The molecule has 0 spiro atoms. The molecule has 0 bridgehead atoms. The van der Waals surface area contributed by atoms with E-state index >= 15 is 0 Å². The molecule has 0 atom stereocenters. The number of allylic oxidation sites excluding steroid dienone is 2. The Morgan fingerprint density at radius 3 is 0.643 bits per heavy atom. The summed E-state index contributed by atoms with van der Waals surface area (Å²) in [6.45, 7) is 19.5. The van der Waals surface area contributed by atoms with Crippen molar-refractivity contribution in [3.05, 3.63) is 11.1 Å². The smallest absolute Gasteiger partial charge is 0.126 e. The van der Waals surface area contributed by atoms with Gasteiger partial charge in [0.25, 0.3) is 0 Å². The first-order valence-electron chi connectivity index (χ1n) is 5.45. The molecular formula is C13H30O. The number of hydrogen-bond donors (Lipinski definition) is 0. The minimum Gasteiger partial charge on any atom is -0.300 e. The largest absolute Gasteiger partial charge is 0.300 e. The summed E-state index contributed by atoms with van der Waals surface area (Å²) in [5.74, 6) is 0.167. The van der Waals surface area contributed by atoms with Crippen molar-refractivity contribution < 1.29 is 4.79 Å². The molecule has 14 heavy (non-hydrogen) atoms. The van der Waals surface area contributed by atoms with E-state index < -0.39 is 0 Å². The van der Waals surface area contributed by atoms with Crippen molar-refractivity contribution in [1.82, 2.24) is 0 Å². The molecule has 0 fully saturated rings. The van der Waals surface area contributed by atoms with E-state index in [0.29, 0.717) is 0 Å². The normalized spacial score (nSPS) is 6.14. The standard InChI is InChI=1S/C6H12.C3H6O.2C2H6/c1-5(2)6(3)4;1-3(2)4;2*1-2/h1-4H3;1-2H3;2*1-2H3. The van der Waals surface area contributed by atoms with Crippen molar-refractivity contribution in [3.63, 3.8) is 0 Å². The van der Waals surface area contributed by atoms with Crippen molar-refractivity contribution in [2.75, 3.05) is 0 Å². The summed E-state index contributed by atoms with van der Waals surface area (Å²) in [5.41, 5.74) is 2.85. The third kappa shape index (κ3) is 106. The molecule has 0 saturated heterocycles. The maximum atomic E-state index is 9.44.